The van der Waals surface area contributed by atoms with Crippen molar-refractivity contribution in [2.24, 2.45) is 0 Å². The summed E-state index contributed by atoms with van der Waals surface area (Å²) in [5.74, 6) is 2.13. The summed E-state index contributed by atoms with van der Waals surface area (Å²) >= 11 is 0. The van der Waals surface area contributed by atoms with E-state index in [0.29, 0.717) is 38.7 Å². The number of fused-ring (bicyclic) bond motifs is 1. The first-order valence-corrected chi connectivity index (χ1v) is 11.4. The predicted octanol–water partition coefficient (Wildman–Crippen LogP) is 5.09. The van der Waals surface area contributed by atoms with Gasteiger partial charge in [-0.25, -0.2) is 0 Å². The van der Waals surface area contributed by atoms with Gasteiger partial charge in [-0.2, -0.15) is 0 Å². The van der Waals surface area contributed by atoms with E-state index in [1.54, 1.807) is 26.6 Å². The molecule has 0 aliphatic carbocycles. The number of aryl methyl sites for hydroxylation is 1. The summed E-state index contributed by atoms with van der Waals surface area (Å²) < 4.78 is 28.5. The van der Waals surface area contributed by atoms with Gasteiger partial charge in [-0.1, -0.05) is 0 Å². The molecule has 0 atom stereocenters. The molecule has 0 spiro atoms. The molecule has 7 nitrogen and oxygen atoms in total. The smallest absolute Gasteiger partial charge is 0.247 e. The van der Waals surface area contributed by atoms with Crippen molar-refractivity contribution in [3.8, 4) is 28.4 Å². The number of hydrogen-bond acceptors (Lipinski definition) is 6. The molecule has 1 saturated heterocycles. The van der Waals surface area contributed by atoms with Crippen LogP contribution in [-0.4, -0.2) is 57.9 Å². The lowest BCUT2D eigenvalue weighted by molar-refractivity contribution is -0.129. The van der Waals surface area contributed by atoms with Gasteiger partial charge >= 0.3 is 0 Å². The van der Waals surface area contributed by atoms with E-state index in [4.69, 9.17) is 23.4 Å². The molecule has 1 aliphatic heterocycles. The Morgan fingerprint density at radius 3 is 2.56 bits per heavy atom. The molecule has 7 heteroatoms. The molecule has 1 aliphatic rings. The van der Waals surface area contributed by atoms with Crippen molar-refractivity contribution in [2.75, 3.05) is 47.1 Å². The van der Waals surface area contributed by atoms with Crippen molar-refractivity contribution in [1.29, 1.82) is 0 Å². The predicted molar refractivity (Wildman–Crippen MR) is 132 cm³/mol. The zero-order valence-corrected chi connectivity index (χ0v) is 20.4. The van der Waals surface area contributed by atoms with Gasteiger partial charge in [-0.05, 0) is 50.6 Å². The SMILES string of the molecule is CCOc1c(/C(C)=C/C(=O)N2CCOCC2)cc2c(-c3cc(OC)ccc3OC)coc2c1C. The van der Waals surface area contributed by atoms with Gasteiger partial charge in [0.2, 0.25) is 5.91 Å². The summed E-state index contributed by atoms with van der Waals surface area (Å²) in [5.41, 5.74) is 5.05. The van der Waals surface area contributed by atoms with Gasteiger partial charge in [0.1, 0.15) is 22.8 Å². The molecule has 2 heterocycles. The number of nitrogens with zero attached hydrogens (tertiary/aromatic N) is 1. The van der Waals surface area contributed by atoms with Crippen LogP contribution < -0.4 is 14.2 Å². The fraction of sp³-hybridized carbons (Fsp3) is 0.370. The third kappa shape index (κ3) is 4.48. The van der Waals surface area contributed by atoms with Gasteiger partial charge in [0.05, 0.1) is 40.3 Å². The van der Waals surface area contributed by atoms with Gasteiger partial charge in [0.15, 0.2) is 0 Å². The number of rotatable bonds is 7. The fourth-order valence-electron chi connectivity index (χ4n) is 4.31. The molecule has 3 aromatic rings. The lowest BCUT2D eigenvalue weighted by Gasteiger charge is -2.26. The number of carbonyl (C=O) groups excluding carboxylic acids is 1. The summed E-state index contributed by atoms with van der Waals surface area (Å²) in [6.45, 7) is 8.68. The van der Waals surface area contributed by atoms with E-state index in [9.17, 15) is 4.79 Å². The molecular weight excluding hydrogens is 434 g/mol. The van der Waals surface area contributed by atoms with Crippen LogP contribution in [0, 0.1) is 6.92 Å². The first-order chi connectivity index (χ1) is 16.5. The third-order valence-electron chi connectivity index (χ3n) is 6.12. The van der Waals surface area contributed by atoms with E-state index in [1.165, 1.54) is 0 Å². The average Bonchev–Trinajstić information content (AvgIpc) is 3.29. The summed E-state index contributed by atoms with van der Waals surface area (Å²) in [4.78, 5) is 14.7. The highest BCUT2D eigenvalue weighted by atomic mass is 16.5. The summed E-state index contributed by atoms with van der Waals surface area (Å²) in [7, 11) is 3.27. The van der Waals surface area contributed by atoms with Crippen LogP contribution in [0.1, 0.15) is 25.0 Å². The van der Waals surface area contributed by atoms with E-state index in [1.807, 2.05) is 49.9 Å². The zero-order chi connectivity index (χ0) is 24.2. The Morgan fingerprint density at radius 2 is 1.88 bits per heavy atom. The summed E-state index contributed by atoms with van der Waals surface area (Å²) in [5, 5.41) is 0.911. The minimum atomic E-state index is -0.0251. The van der Waals surface area contributed by atoms with Gasteiger partial charge in [0, 0.05) is 46.8 Å². The van der Waals surface area contributed by atoms with E-state index in [2.05, 4.69) is 0 Å². The van der Waals surface area contributed by atoms with Crippen molar-refractivity contribution in [1.82, 2.24) is 4.90 Å². The Labute approximate surface area is 199 Å². The number of hydrogen-bond donors (Lipinski definition) is 0. The Balaban J connectivity index is 1.86. The Kier molecular flexibility index (Phi) is 7.12. The van der Waals surface area contributed by atoms with Gasteiger partial charge < -0.3 is 28.3 Å². The second-order valence-corrected chi connectivity index (χ2v) is 8.17. The largest absolute Gasteiger partial charge is 0.497 e. The van der Waals surface area contributed by atoms with Crippen LogP contribution in [0.5, 0.6) is 17.2 Å². The number of morpholine rings is 1. The quantitative estimate of drug-likeness (QED) is 0.453. The molecule has 0 radical (unpaired) electrons. The van der Waals surface area contributed by atoms with Gasteiger partial charge in [-0.3, -0.25) is 4.79 Å². The maximum absolute atomic E-state index is 12.9. The van der Waals surface area contributed by atoms with Crippen LogP contribution in [0.3, 0.4) is 0 Å². The molecule has 180 valence electrons. The maximum Gasteiger partial charge on any atom is 0.247 e. The number of amides is 1. The van der Waals surface area contributed by atoms with E-state index < -0.39 is 0 Å². The average molecular weight is 466 g/mol. The standard InChI is InChI=1S/C27H31NO6/c1-6-33-26-18(3)27-22(15-20(26)17(2)13-25(29)28-9-11-32-12-10-28)23(16-34-27)21-14-19(30-4)7-8-24(21)31-5/h7-8,13-16H,6,9-12H2,1-5H3/b17-13+. The maximum atomic E-state index is 12.9. The molecule has 1 fully saturated rings. The Morgan fingerprint density at radius 1 is 1.12 bits per heavy atom. The van der Waals surface area contributed by atoms with Crippen LogP contribution in [0.4, 0.5) is 0 Å². The van der Waals surface area contributed by atoms with Crippen LogP contribution in [0.15, 0.2) is 41.0 Å². The molecule has 0 unspecified atom stereocenters. The van der Waals surface area contributed by atoms with Crippen molar-refractivity contribution >= 4 is 22.4 Å². The normalized spacial score (nSPS) is 14.4. The van der Waals surface area contributed by atoms with E-state index >= 15 is 0 Å². The lowest BCUT2D eigenvalue weighted by atomic mass is 9.96. The number of allylic oxidation sites excluding steroid dienone is 1. The monoisotopic (exact) mass is 465 g/mol. The molecular formula is C27H31NO6. The van der Waals surface area contributed by atoms with Gasteiger partial charge in [0.25, 0.3) is 0 Å². The van der Waals surface area contributed by atoms with Crippen LogP contribution in [0.25, 0.3) is 27.7 Å². The van der Waals surface area contributed by atoms with Crippen LogP contribution >= 0.6 is 0 Å². The number of methoxy groups -OCH3 is 2. The number of carbonyl (C=O) groups is 1. The number of benzene rings is 2. The molecule has 0 bridgehead atoms. The number of ether oxygens (including phenoxy) is 4. The van der Waals surface area contributed by atoms with Crippen LogP contribution in [-0.2, 0) is 9.53 Å². The number of furan rings is 1. The first-order valence-electron chi connectivity index (χ1n) is 11.4. The van der Waals surface area contributed by atoms with Crippen molar-refractivity contribution in [3.63, 3.8) is 0 Å². The Hall–Kier alpha value is -3.45. The topological polar surface area (TPSA) is 70.4 Å². The van der Waals surface area contributed by atoms with Crippen molar-refractivity contribution in [2.45, 2.75) is 20.8 Å². The molecule has 1 amide bonds. The first kappa shape index (κ1) is 23.7. The minimum absolute atomic E-state index is 0.0251. The second-order valence-electron chi connectivity index (χ2n) is 8.17. The highest BCUT2D eigenvalue weighted by Crippen LogP contribution is 2.43. The van der Waals surface area contributed by atoms with Gasteiger partial charge in [-0.15, -0.1) is 0 Å². The molecule has 1 aromatic heterocycles. The Bertz CT molecular complexity index is 1220. The minimum Gasteiger partial charge on any atom is -0.497 e. The summed E-state index contributed by atoms with van der Waals surface area (Å²) in [6, 6.07) is 7.70. The molecule has 34 heavy (non-hydrogen) atoms. The highest BCUT2D eigenvalue weighted by Gasteiger charge is 2.22. The second kappa shape index (κ2) is 10.2. The van der Waals surface area contributed by atoms with E-state index in [-0.39, 0.29) is 5.91 Å². The highest BCUT2D eigenvalue weighted by molar-refractivity contribution is 6.02. The third-order valence-corrected chi connectivity index (χ3v) is 6.12. The zero-order valence-electron chi connectivity index (χ0n) is 20.4. The van der Waals surface area contributed by atoms with E-state index in [0.717, 1.165) is 50.3 Å². The van der Waals surface area contributed by atoms with Crippen LogP contribution in [0.2, 0.25) is 0 Å². The summed E-state index contributed by atoms with van der Waals surface area (Å²) in [6.07, 6.45) is 3.41. The lowest BCUT2D eigenvalue weighted by Crippen LogP contribution is -2.39. The fourth-order valence-corrected chi connectivity index (χ4v) is 4.31. The van der Waals surface area contributed by atoms with Crippen molar-refractivity contribution in [3.05, 3.63) is 47.7 Å². The molecule has 2 aromatic carbocycles. The van der Waals surface area contributed by atoms with Crippen molar-refractivity contribution < 1.29 is 28.2 Å². The molecule has 4 rings (SSSR count). The molecule has 0 N–H and O–H groups in total. The molecule has 0 saturated carbocycles.